The molecule has 0 radical (unpaired) electrons. The molecule has 0 saturated heterocycles. The van der Waals surface area contributed by atoms with E-state index in [1.165, 1.54) is 18.2 Å². The van der Waals surface area contributed by atoms with E-state index < -0.39 is 11.9 Å². The van der Waals surface area contributed by atoms with Crippen molar-refractivity contribution in [1.29, 1.82) is 0 Å². The molecule has 0 unspecified atom stereocenters. The van der Waals surface area contributed by atoms with Crippen molar-refractivity contribution in [2.75, 3.05) is 0 Å². The van der Waals surface area contributed by atoms with Gasteiger partial charge in [0.25, 0.3) is 0 Å². The summed E-state index contributed by atoms with van der Waals surface area (Å²) in [6.07, 6.45) is 0. The van der Waals surface area contributed by atoms with Gasteiger partial charge in [-0.15, -0.1) is 0 Å². The predicted molar refractivity (Wildman–Crippen MR) is 69.5 cm³/mol. The minimum atomic E-state index is -1.06. The lowest BCUT2D eigenvalue weighted by Gasteiger charge is -2.05. The molecule has 0 aromatic heterocycles. The Balaban J connectivity index is 2.17. The number of aryl methyl sites for hydroxylation is 1. The Bertz CT molecular complexity index is 614. The van der Waals surface area contributed by atoms with Crippen molar-refractivity contribution in [1.82, 2.24) is 0 Å². The number of aromatic carboxylic acids is 1. The van der Waals surface area contributed by atoms with Crippen LogP contribution in [0.2, 0.25) is 0 Å². The summed E-state index contributed by atoms with van der Waals surface area (Å²) in [7, 11) is 0. The molecule has 96 valence electrons. The van der Waals surface area contributed by atoms with Gasteiger partial charge in [-0.1, -0.05) is 23.8 Å². The van der Waals surface area contributed by atoms with Gasteiger partial charge in [-0.25, -0.2) is 9.59 Å². The van der Waals surface area contributed by atoms with E-state index in [9.17, 15) is 9.59 Å². The molecule has 0 saturated carbocycles. The second-order valence-electron chi connectivity index (χ2n) is 4.09. The largest absolute Gasteiger partial charge is 0.478 e. The van der Waals surface area contributed by atoms with Crippen LogP contribution < -0.4 is 4.74 Å². The normalized spacial score (nSPS) is 9.95. The topological polar surface area (TPSA) is 63.6 Å². The maximum Gasteiger partial charge on any atom is 0.343 e. The van der Waals surface area contributed by atoms with Crippen molar-refractivity contribution in [3.63, 3.8) is 0 Å². The van der Waals surface area contributed by atoms with E-state index >= 15 is 0 Å². The summed E-state index contributed by atoms with van der Waals surface area (Å²) in [5, 5.41) is 8.85. The van der Waals surface area contributed by atoms with Gasteiger partial charge < -0.3 is 9.84 Å². The van der Waals surface area contributed by atoms with Crippen molar-refractivity contribution < 1.29 is 19.4 Å². The van der Waals surface area contributed by atoms with Crippen LogP contribution in [0.3, 0.4) is 0 Å². The summed E-state index contributed by atoms with van der Waals surface area (Å²) in [6, 6.07) is 12.8. The maximum absolute atomic E-state index is 11.8. The highest BCUT2D eigenvalue weighted by atomic mass is 16.5. The number of esters is 1. The minimum absolute atomic E-state index is 0.0780. The molecular weight excluding hydrogens is 244 g/mol. The summed E-state index contributed by atoms with van der Waals surface area (Å²) >= 11 is 0. The molecule has 4 nitrogen and oxygen atoms in total. The van der Waals surface area contributed by atoms with Crippen LogP contribution in [-0.4, -0.2) is 17.0 Å². The van der Waals surface area contributed by atoms with Crippen LogP contribution in [0.15, 0.2) is 48.5 Å². The van der Waals surface area contributed by atoms with Gasteiger partial charge in [-0.05, 0) is 37.3 Å². The molecule has 4 heteroatoms. The molecule has 2 aromatic rings. The lowest BCUT2D eigenvalue weighted by molar-refractivity contribution is 0.0687. The fourth-order valence-electron chi connectivity index (χ4n) is 1.55. The molecule has 2 aromatic carbocycles. The molecule has 0 fully saturated rings. The van der Waals surface area contributed by atoms with Crippen LogP contribution in [0.5, 0.6) is 5.75 Å². The van der Waals surface area contributed by atoms with Crippen molar-refractivity contribution >= 4 is 11.9 Å². The molecule has 1 N–H and O–H groups in total. The first kappa shape index (κ1) is 12.8. The van der Waals surface area contributed by atoms with E-state index in [0.717, 1.165) is 5.56 Å². The van der Waals surface area contributed by atoms with Crippen molar-refractivity contribution in [3.05, 3.63) is 65.2 Å². The van der Waals surface area contributed by atoms with Crippen LogP contribution in [0.25, 0.3) is 0 Å². The van der Waals surface area contributed by atoms with E-state index in [1.807, 2.05) is 19.1 Å². The van der Waals surface area contributed by atoms with Crippen LogP contribution in [0.1, 0.15) is 26.3 Å². The molecule has 0 spiro atoms. The summed E-state index contributed by atoms with van der Waals surface area (Å²) in [4.78, 5) is 22.6. The minimum Gasteiger partial charge on any atom is -0.478 e. The second kappa shape index (κ2) is 5.35. The first-order chi connectivity index (χ1) is 9.06. The zero-order valence-electron chi connectivity index (χ0n) is 10.3. The molecule has 0 bridgehead atoms. The van der Waals surface area contributed by atoms with Gasteiger partial charge in [-0.3, -0.25) is 0 Å². The fraction of sp³-hybridized carbons (Fsp3) is 0.0667. The fourth-order valence-corrected chi connectivity index (χ4v) is 1.55. The van der Waals surface area contributed by atoms with Crippen molar-refractivity contribution in [2.24, 2.45) is 0 Å². The van der Waals surface area contributed by atoms with E-state index in [-0.39, 0.29) is 11.3 Å². The Morgan fingerprint density at radius 3 is 2.32 bits per heavy atom. The van der Waals surface area contributed by atoms with Gasteiger partial charge in [0.05, 0.1) is 11.1 Å². The van der Waals surface area contributed by atoms with Crippen LogP contribution in [-0.2, 0) is 0 Å². The summed E-state index contributed by atoms with van der Waals surface area (Å²) in [5.74, 6) is -1.36. The van der Waals surface area contributed by atoms with Gasteiger partial charge in [0.2, 0.25) is 0 Å². The number of carboxylic acid groups (broad SMARTS) is 1. The van der Waals surface area contributed by atoms with E-state index in [0.29, 0.717) is 5.56 Å². The highest BCUT2D eigenvalue weighted by Gasteiger charge is 2.10. The maximum atomic E-state index is 11.8. The van der Waals surface area contributed by atoms with Crippen molar-refractivity contribution in [2.45, 2.75) is 6.92 Å². The van der Waals surface area contributed by atoms with Gasteiger partial charge in [0.15, 0.2) is 0 Å². The standard InChI is InChI=1S/C15H12O4/c1-10-5-7-11(8-6-10)15(18)19-13-4-2-3-12(9-13)14(16)17/h2-9H,1H3,(H,16,17). The molecule has 0 atom stereocenters. The summed E-state index contributed by atoms with van der Waals surface area (Å²) < 4.78 is 5.13. The Morgan fingerprint density at radius 2 is 1.68 bits per heavy atom. The van der Waals surface area contributed by atoms with Crippen LogP contribution >= 0.6 is 0 Å². The SMILES string of the molecule is Cc1ccc(C(=O)Oc2cccc(C(=O)O)c2)cc1. The Labute approximate surface area is 110 Å². The van der Waals surface area contributed by atoms with E-state index in [4.69, 9.17) is 9.84 Å². The van der Waals surface area contributed by atoms with Gasteiger partial charge in [-0.2, -0.15) is 0 Å². The molecule has 0 amide bonds. The Hall–Kier alpha value is -2.62. The zero-order chi connectivity index (χ0) is 13.8. The van der Waals surface area contributed by atoms with Gasteiger partial charge >= 0.3 is 11.9 Å². The lowest BCUT2D eigenvalue weighted by Crippen LogP contribution is -2.09. The zero-order valence-corrected chi connectivity index (χ0v) is 10.3. The first-order valence-electron chi connectivity index (χ1n) is 5.68. The lowest BCUT2D eigenvalue weighted by atomic mass is 10.1. The van der Waals surface area contributed by atoms with Gasteiger partial charge in [0, 0.05) is 0 Å². The highest BCUT2D eigenvalue weighted by Crippen LogP contribution is 2.15. The van der Waals surface area contributed by atoms with Crippen molar-refractivity contribution in [3.8, 4) is 5.75 Å². The number of rotatable bonds is 3. The summed E-state index contributed by atoms with van der Waals surface area (Å²) in [6.45, 7) is 1.92. The number of carboxylic acids is 1. The number of carbonyl (C=O) groups excluding carboxylic acids is 1. The summed E-state index contributed by atoms with van der Waals surface area (Å²) in [5.41, 5.74) is 1.55. The Kier molecular flexibility index (Phi) is 3.61. The van der Waals surface area contributed by atoms with Gasteiger partial charge in [0.1, 0.15) is 5.75 Å². The van der Waals surface area contributed by atoms with Crippen LogP contribution in [0, 0.1) is 6.92 Å². The number of carbonyl (C=O) groups is 2. The molecular formula is C15H12O4. The third-order valence-electron chi connectivity index (χ3n) is 2.58. The molecule has 0 aliphatic rings. The molecule has 0 aliphatic heterocycles. The van der Waals surface area contributed by atoms with E-state index in [2.05, 4.69) is 0 Å². The smallest absolute Gasteiger partial charge is 0.343 e. The molecule has 19 heavy (non-hydrogen) atoms. The third-order valence-corrected chi connectivity index (χ3v) is 2.58. The second-order valence-corrected chi connectivity index (χ2v) is 4.09. The number of hydrogen-bond donors (Lipinski definition) is 1. The molecule has 0 heterocycles. The van der Waals surface area contributed by atoms with E-state index in [1.54, 1.807) is 18.2 Å². The third kappa shape index (κ3) is 3.19. The Morgan fingerprint density at radius 1 is 1.00 bits per heavy atom. The number of benzene rings is 2. The predicted octanol–water partition coefficient (Wildman–Crippen LogP) is 2.91. The average molecular weight is 256 g/mol. The van der Waals surface area contributed by atoms with Crippen LogP contribution in [0.4, 0.5) is 0 Å². The number of ether oxygens (including phenoxy) is 1. The average Bonchev–Trinajstić information content (AvgIpc) is 2.39. The molecule has 0 aliphatic carbocycles. The first-order valence-corrected chi connectivity index (χ1v) is 5.68. The number of hydrogen-bond acceptors (Lipinski definition) is 3. The molecule has 2 rings (SSSR count). The monoisotopic (exact) mass is 256 g/mol. The highest BCUT2D eigenvalue weighted by molar-refractivity contribution is 5.92. The quantitative estimate of drug-likeness (QED) is 0.677.